The highest BCUT2D eigenvalue weighted by Crippen LogP contribution is 2.13. The Morgan fingerprint density at radius 1 is 1.35 bits per heavy atom. The van der Waals surface area contributed by atoms with Crippen LogP contribution in [0.2, 0.25) is 0 Å². The first kappa shape index (κ1) is 13.7. The van der Waals surface area contributed by atoms with E-state index in [9.17, 15) is 4.79 Å². The van der Waals surface area contributed by atoms with E-state index in [1.807, 2.05) is 19.1 Å². The van der Waals surface area contributed by atoms with Crippen LogP contribution in [0.3, 0.4) is 0 Å². The van der Waals surface area contributed by atoms with E-state index >= 15 is 0 Å². The zero-order chi connectivity index (χ0) is 13.1. The van der Waals surface area contributed by atoms with Gasteiger partial charge in [-0.3, -0.25) is 4.79 Å². The molecule has 1 aromatic rings. The molecule has 0 fully saturated rings. The van der Waals surface area contributed by atoms with Crippen molar-refractivity contribution in [3.63, 3.8) is 0 Å². The Labute approximate surface area is 104 Å². The van der Waals surface area contributed by atoms with Crippen LogP contribution in [-0.4, -0.2) is 22.9 Å². The number of rotatable bonds is 4. The number of benzene rings is 1. The third kappa shape index (κ3) is 3.56. The Morgan fingerprint density at radius 3 is 2.41 bits per heavy atom. The normalized spacial score (nSPS) is 11.4. The van der Waals surface area contributed by atoms with E-state index in [2.05, 4.69) is 19.1 Å². The van der Waals surface area contributed by atoms with Gasteiger partial charge in [0.05, 0.1) is 5.54 Å². The number of nitrogens with zero attached hydrogens (tertiary/aromatic N) is 1. The summed E-state index contributed by atoms with van der Waals surface area (Å²) < 4.78 is 0. The molecule has 0 aromatic heterocycles. The largest absolute Gasteiger partial charge is 0.337 e. The second kappa shape index (κ2) is 5.32. The van der Waals surface area contributed by atoms with Gasteiger partial charge in [0.25, 0.3) is 0 Å². The highest BCUT2D eigenvalue weighted by Gasteiger charge is 2.26. The SMILES string of the molecule is CCN(Cc1ccccc1C)C(=O)C(C)(C)N. The summed E-state index contributed by atoms with van der Waals surface area (Å²) >= 11 is 0. The molecule has 0 radical (unpaired) electrons. The smallest absolute Gasteiger partial charge is 0.242 e. The van der Waals surface area contributed by atoms with Crippen molar-refractivity contribution >= 4 is 5.91 Å². The lowest BCUT2D eigenvalue weighted by atomic mass is 10.0. The fraction of sp³-hybridized carbons (Fsp3) is 0.500. The molecule has 2 N–H and O–H groups in total. The predicted octanol–water partition coefficient (Wildman–Crippen LogP) is 2.08. The topological polar surface area (TPSA) is 46.3 Å². The molecule has 0 atom stereocenters. The van der Waals surface area contributed by atoms with Gasteiger partial charge in [-0.05, 0) is 38.8 Å². The van der Waals surface area contributed by atoms with Crippen LogP contribution in [0.25, 0.3) is 0 Å². The molecule has 94 valence electrons. The number of carbonyl (C=O) groups excluding carboxylic acids is 1. The van der Waals surface area contributed by atoms with Gasteiger partial charge in [-0.25, -0.2) is 0 Å². The molecule has 0 bridgehead atoms. The summed E-state index contributed by atoms with van der Waals surface area (Å²) in [6, 6.07) is 8.11. The number of nitrogens with two attached hydrogens (primary N) is 1. The molecule has 0 aliphatic carbocycles. The Morgan fingerprint density at radius 2 is 1.94 bits per heavy atom. The van der Waals surface area contributed by atoms with Crippen molar-refractivity contribution in [1.29, 1.82) is 0 Å². The highest BCUT2D eigenvalue weighted by molar-refractivity contribution is 5.85. The van der Waals surface area contributed by atoms with E-state index in [0.717, 1.165) is 0 Å². The van der Waals surface area contributed by atoms with Crippen molar-refractivity contribution < 1.29 is 4.79 Å². The number of hydrogen-bond acceptors (Lipinski definition) is 2. The third-order valence-electron chi connectivity index (χ3n) is 2.84. The van der Waals surface area contributed by atoms with Gasteiger partial charge < -0.3 is 10.6 Å². The maximum absolute atomic E-state index is 12.1. The lowest BCUT2D eigenvalue weighted by Gasteiger charge is -2.28. The first-order valence-electron chi connectivity index (χ1n) is 5.99. The average molecular weight is 234 g/mol. The van der Waals surface area contributed by atoms with Gasteiger partial charge >= 0.3 is 0 Å². The fourth-order valence-corrected chi connectivity index (χ4v) is 1.73. The summed E-state index contributed by atoms with van der Waals surface area (Å²) in [7, 11) is 0. The monoisotopic (exact) mass is 234 g/mol. The van der Waals surface area contributed by atoms with Crippen molar-refractivity contribution in [2.75, 3.05) is 6.54 Å². The Bertz CT molecular complexity index is 393. The molecule has 0 aliphatic rings. The molecule has 17 heavy (non-hydrogen) atoms. The van der Waals surface area contributed by atoms with Crippen LogP contribution in [0, 0.1) is 6.92 Å². The zero-order valence-electron chi connectivity index (χ0n) is 11.2. The van der Waals surface area contributed by atoms with E-state index in [1.54, 1.807) is 18.7 Å². The maximum atomic E-state index is 12.1. The van der Waals surface area contributed by atoms with E-state index in [4.69, 9.17) is 5.73 Å². The highest BCUT2D eigenvalue weighted by atomic mass is 16.2. The Balaban J connectivity index is 2.85. The van der Waals surface area contributed by atoms with E-state index in [-0.39, 0.29) is 5.91 Å². The van der Waals surface area contributed by atoms with E-state index in [1.165, 1.54) is 11.1 Å². The predicted molar refractivity (Wildman–Crippen MR) is 70.5 cm³/mol. The number of carbonyl (C=O) groups is 1. The molecule has 0 spiro atoms. The summed E-state index contributed by atoms with van der Waals surface area (Å²) in [5.74, 6) is -0.0109. The summed E-state index contributed by atoms with van der Waals surface area (Å²) in [6.07, 6.45) is 0. The molecule has 0 unspecified atom stereocenters. The van der Waals surface area contributed by atoms with Gasteiger partial charge in [0.2, 0.25) is 5.91 Å². The molecule has 0 saturated heterocycles. The van der Waals surface area contributed by atoms with Crippen molar-refractivity contribution in [1.82, 2.24) is 4.90 Å². The molecule has 1 amide bonds. The van der Waals surface area contributed by atoms with Gasteiger partial charge in [0, 0.05) is 13.1 Å². The molecular formula is C14H22N2O. The van der Waals surface area contributed by atoms with Crippen molar-refractivity contribution in [3.8, 4) is 0 Å². The molecule has 0 saturated carbocycles. The fourth-order valence-electron chi connectivity index (χ4n) is 1.73. The quantitative estimate of drug-likeness (QED) is 0.867. The van der Waals surface area contributed by atoms with Gasteiger partial charge in [0.15, 0.2) is 0 Å². The Kier molecular flexibility index (Phi) is 4.29. The number of aryl methyl sites for hydroxylation is 1. The van der Waals surface area contributed by atoms with Crippen LogP contribution in [0.5, 0.6) is 0 Å². The number of likely N-dealkylation sites (N-methyl/N-ethyl adjacent to an activating group) is 1. The van der Waals surface area contributed by atoms with Gasteiger partial charge in [0.1, 0.15) is 0 Å². The summed E-state index contributed by atoms with van der Waals surface area (Å²) in [4.78, 5) is 13.9. The Hall–Kier alpha value is -1.35. The minimum Gasteiger partial charge on any atom is -0.337 e. The molecule has 3 heteroatoms. The van der Waals surface area contributed by atoms with Crippen molar-refractivity contribution in [2.45, 2.75) is 39.8 Å². The van der Waals surface area contributed by atoms with Crippen LogP contribution >= 0.6 is 0 Å². The summed E-state index contributed by atoms with van der Waals surface area (Å²) in [6.45, 7) is 8.82. The van der Waals surface area contributed by atoms with Crippen LogP contribution < -0.4 is 5.73 Å². The van der Waals surface area contributed by atoms with Crippen molar-refractivity contribution in [3.05, 3.63) is 35.4 Å². The van der Waals surface area contributed by atoms with Gasteiger partial charge in [-0.1, -0.05) is 24.3 Å². The van der Waals surface area contributed by atoms with Crippen LogP contribution in [0.1, 0.15) is 31.9 Å². The molecular weight excluding hydrogens is 212 g/mol. The third-order valence-corrected chi connectivity index (χ3v) is 2.84. The molecule has 1 rings (SSSR count). The standard InChI is InChI=1S/C14H22N2O/c1-5-16(13(17)14(3,4)15)10-12-9-7-6-8-11(12)2/h6-9H,5,10,15H2,1-4H3. The number of amides is 1. The first-order chi connectivity index (χ1) is 7.86. The maximum Gasteiger partial charge on any atom is 0.242 e. The van der Waals surface area contributed by atoms with Crippen LogP contribution in [-0.2, 0) is 11.3 Å². The molecule has 3 nitrogen and oxygen atoms in total. The second-order valence-electron chi connectivity index (χ2n) is 4.97. The average Bonchev–Trinajstić information content (AvgIpc) is 2.26. The lowest BCUT2D eigenvalue weighted by Crippen LogP contribution is -2.50. The minimum absolute atomic E-state index is 0.0109. The molecule has 0 heterocycles. The zero-order valence-corrected chi connectivity index (χ0v) is 11.2. The minimum atomic E-state index is -0.807. The first-order valence-corrected chi connectivity index (χ1v) is 5.99. The molecule has 1 aromatic carbocycles. The lowest BCUT2D eigenvalue weighted by molar-refractivity contribution is -0.136. The molecule has 0 aliphatic heterocycles. The van der Waals surface area contributed by atoms with Gasteiger partial charge in [-0.15, -0.1) is 0 Å². The van der Waals surface area contributed by atoms with E-state index < -0.39 is 5.54 Å². The second-order valence-corrected chi connectivity index (χ2v) is 4.97. The van der Waals surface area contributed by atoms with Crippen LogP contribution in [0.4, 0.5) is 0 Å². The summed E-state index contributed by atoms with van der Waals surface area (Å²) in [5.41, 5.74) is 7.42. The van der Waals surface area contributed by atoms with Crippen molar-refractivity contribution in [2.24, 2.45) is 5.73 Å². The summed E-state index contributed by atoms with van der Waals surface area (Å²) in [5, 5.41) is 0. The number of hydrogen-bond donors (Lipinski definition) is 1. The van der Waals surface area contributed by atoms with E-state index in [0.29, 0.717) is 13.1 Å². The van der Waals surface area contributed by atoms with Gasteiger partial charge in [-0.2, -0.15) is 0 Å². The van der Waals surface area contributed by atoms with Crippen LogP contribution in [0.15, 0.2) is 24.3 Å².